The number of hydrogen-bond donors (Lipinski definition) is 1. The molecule has 1 unspecified atom stereocenters. The molecule has 5 rings (SSSR count). The van der Waals surface area contributed by atoms with Gasteiger partial charge in [0.15, 0.2) is 0 Å². The Balaban J connectivity index is 1.46. The molecular formula is C30H27N3O2. The zero-order valence-electron chi connectivity index (χ0n) is 19.6. The summed E-state index contributed by atoms with van der Waals surface area (Å²) in [5.74, 6) is 1.36. The van der Waals surface area contributed by atoms with E-state index in [1.54, 1.807) is 6.20 Å². The fourth-order valence-corrected chi connectivity index (χ4v) is 4.43. The fraction of sp³-hybridized carbons (Fsp3) is 0.133. The Morgan fingerprint density at radius 1 is 0.914 bits per heavy atom. The average molecular weight is 462 g/mol. The quantitative estimate of drug-likeness (QED) is 0.299. The molecule has 35 heavy (non-hydrogen) atoms. The van der Waals surface area contributed by atoms with Crippen LogP contribution in [0, 0.1) is 0 Å². The Labute approximate surface area is 205 Å². The minimum absolute atomic E-state index is 0.0250. The summed E-state index contributed by atoms with van der Waals surface area (Å²) in [5.41, 5.74) is 4.12. The first kappa shape index (κ1) is 22.4. The number of pyridine rings is 1. The number of ether oxygens (including phenoxy) is 1. The smallest absolute Gasteiger partial charge is 0.221 e. The van der Waals surface area contributed by atoms with E-state index in [9.17, 15) is 4.79 Å². The Bertz CT molecular complexity index is 1430. The number of nitrogens with zero attached hydrogens (tertiary/aromatic N) is 2. The van der Waals surface area contributed by atoms with Crippen LogP contribution in [0.2, 0.25) is 0 Å². The molecular weight excluding hydrogens is 434 g/mol. The Kier molecular flexibility index (Phi) is 6.57. The van der Waals surface area contributed by atoms with Crippen LogP contribution < -0.4 is 10.1 Å². The average Bonchev–Trinajstić information content (AvgIpc) is 3.23. The van der Waals surface area contributed by atoms with Gasteiger partial charge >= 0.3 is 0 Å². The molecule has 1 amide bonds. The van der Waals surface area contributed by atoms with Gasteiger partial charge in [-0.25, -0.2) is 0 Å². The molecule has 5 nitrogen and oxygen atoms in total. The van der Waals surface area contributed by atoms with E-state index in [0.717, 1.165) is 39.2 Å². The van der Waals surface area contributed by atoms with E-state index in [1.165, 1.54) is 0 Å². The van der Waals surface area contributed by atoms with Crippen molar-refractivity contribution in [3.63, 3.8) is 0 Å². The Morgan fingerprint density at radius 3 is 2.51 bits per heavy atom. The number of fused-ring (bicyclic) bond motifs is 1. The maximum absolute atomic E-state index is 13.1. The molecule has 0 saturated carbocycles. The van der Waals surface area contributed by atoms with Gasteiger partial charge in [-0.2, -0.15) is 0 Å². The summed E-state index contributed by atoms with van der Waals surface area (Å²) in [6.45, 7) is 0.402. The monoisotopic (exact) mass is 461 g/mol. The molecule has 3 aromatic carbocycles. The summed E-state index contributed by atoms with van der Waals surface area (Å²) in [4.78, 5) is 17.4. The molecule has 0 radical (unpaired) electrons. The third-order valence-corrected chi connectivity index (χ3v) is 6.12. The fourth-order valence-electron chi connectivity index (χ4n) is 4.43. The van der Waals surface area contributed by atoms with E-state index in [0.29, 0.717) is 13.0 Å². The first-order chi connectivity index (χ1) is 17.2. The van der Waals surface area contributed by atoms with Gasteiger partial charge in [0.2, 0.25) is 5.91 Å². The summed E-state index contributed by atoms with van der Waals surface area (Å²) in [6, 6.07) is 31.7. The molecule has 0 saturated heterocycles. The summed E-state index contributed by atoms with van der Waals surface area (Å²) < 4.78 is 8.21. The first-order valence-corrected chi connectivity index (χ1v) is 11.7. The van der Waals surface area contributed by atoms with Gasteiger partial charge in [0.05, 0.1) is 12.2 Å². The van der Waals surface area contributed by atoms with Crippen molar-refractivity contribution in [2.75, 3.05) is 0 Å². The van der Waals surface area contributed by atoms with Crippen molar-refractivity contribution >= 4 is 16.8 Å². The standard InChI is InChI=1S/C30H27N3O2/c1-33-21-28(26-15-5-6-16-29(26)33)27(19-30(34)32-20-23-11-7-8-17-31-23)22-10-9-14-25(18-22)35-24-12-3-2-4-13-24/h2-18,21,27H,19-20H2,1H3,(H,32,34). The molecule has 2 heterocycles. The summed E-state index contributed by atoms with van der Waals surface area (Å²) in [7, 11) is 2.04. The number of hydrogen-bond acceptors (Lipinski definition) is 3. The number of para-hydroxylation sites is 2. The van der Waals surface area contributed by atoms with E-state index in [4.69, 9.17) is 4.74 Å². The third kappa shape index (κ3) is 5.25. The molecule has 0 aliphatic rings. The lowest BCUT2D eigenvalue weighted by molar-refractivity contribution is -0.121. The molecule has 0 aliphatic heterocycles. The molecule has 0 spiro atoms. The predicted molar refractivity (Wildman–Crippen MR) is 138 cm³/mol. The van der Waals surface area contributed by atoms with E-state index in [1.807, 2.05) is 85.9 Å². The number of carbonyl (C=O) groups is 1. The van der Waals surface area contributed by atoms with Crippen LogP contribution in [-0.2, 0) is 18.4 Å². The van der Waals surface area contributed by atoms with Gasteiger partial charge in [-0.05, 0) is 53.6 Å². The molecule has 5 aromatic rings. The Hall–Kier alpha value is -4.38. The van der Waals surface area contributed by atoms with Crippen molar-refractivity contribution in [2.24, 2.45) is 7.05 Å². The minimum atomic E-state index is -0.135. The topological polar surface area (TPSA) is 56.2 Å². The number of carbonyl (C=O) groups excluding carboxylic acids is 1. The van der Waals surface area contributed by atoms with Crippen LogP contribution in [0.5, 0.6) is 11.5 Å². The number of aryl methyl sites for hydroxylation is 1. The van der Waals surface area contributed by atoms with Gasteiger partial charge in [0.25, 0.3) is 0 Å². The van der Waals surface area contributed by atoms with Gasteiger partial charge in [-0.15, -0.1) is 0 Å². The second-order valence-electron chi connectivity index (χ2n) is 8.55. The van der Waals surface area contributed by atoms with Crippen molar-refractivity contribution in [3.05, 3.63) is 126 Å². The van der Waals surface area contributed by atoms with Gasteiger partial charge in [-0.3, -0.25) is 9.78 Å². The Morgan fingerprint density at radius 2 is 1.69 bits per heavy atom. The minimum Gasteiger partial charge on any atom is -0.457 e. The molecule has 174 valence electrons. The van der Waals surface area contributed by atoms with Gasteiger partial charge in [-0.1, -0.05) is 54.6 Å². The van der Waals surface area contributed by atoms with Crippen molar-refractivity contribution in [2.45, 2.75) is 18.9 Å². The lowest BCUT2D eigenvalue weighted by Gasteiger charge is -2.18. The normalized spacial score (nSPS) is 11.8. The maximum atomic E-state index is 13.1. The van der Waals surface area contributed by atoms with Crippen LogP contribution in [-0.4, -0.2) is 15.5 Å². The molecule has 5 heteroatoms. The van der Waals surface area contributed by atoms with Crippen LogP contribution >= 0.6 is 0 Å². The molecule has 0 aliphatic carbocycles. The lowest BCUT2D eigenvalue weighted by Crippen LogP contribution is -2.25. The highest BCUT2D eigenvalue weighted by atomic mass is 16.5. The highest BCUT2D eigenvalue weighted by molar-refractivity contribution is 5.86. The van der Waals surface area contributed by atoms with Crippen LogP contribution in [0.3, 0.4) is 0 Å². The van der Waals surface area contributed by atoms with Crippen LogP contribution in [0.1, 0.15) is 29.2 Å². The molecule has 1 N–H and O–H groups in total. The number of rotatable bonds is 8. The largest absolute Gasteiger partial charge is 0.457 e. The van der Waals surface area contributed by atoms with E-state index >= 15 is 0 Å². The van der Waals surface area contributed by atoms with Gasteiger partial charge in [0.1, 0.15) is 11.5 Å². The van der Waals surface area contributed by atoms with Crippen LogP contribution in [0.4, 0.5) is 0 Å². The zero-order valence-corrected chi connectivity index (χ0v) is 19.6. The highest BCUT2D eigenvalue weighted by Crippen LogP contribution is 2.36. The number of aromatic nitrogens is 2. The van der Waals surface area contributed by atoms with Crippen LogP contribution in [0.15, 0.2) is 109 Å². The first-order valence-electron chi connectivity index (χ1n) is 11.7. The highest BCUT2D eigenvalue weighted by Gasteiger charge is 2.23. The summed E-state index contributed by atoms with van der Waals surface area (Å²) in [5, 5.41) is 4.18. The van der Waals surface area contributed by atoms with Crippen LogP contribution in [0.25, 0.3) is 10.9 Å². The molecule has 0 fully saturated rings. The van der Waals surface area contributed by atoms with E-state index < -0.39 is 0 Å². The molecule has 2 aromatic heterocycles. The van der Waals surface area contributed by atoms with Gasteiger partial charge < -0.3 is 14.6 Å². The SMILES string of the molecule is Cn1cc(C(CC(=O)NCc2ccccn2)c2cccc(Oc3ccccc3)c2)c2ccccc21. The molecule has 0 bridgehead atoms. The lowest BCUT2D eigenvalue weighted by atomic mass is 9.88. The summed E-state index contributed by atoms with van der Waals surface area (Å²) in [6.07, 6.45) is 4.18. The van der Waals surface area contributed by atoms with Gasteiger partial charge in [0, 0.05) is 42.7 Å². The number of amides is 1. The van der Waals surface area contributed by atoms with Crippen molar-refractivity contribution in [1.82, 2.24) is 14.9 Å². The van der Waals surface area contributed by atoms with Crippen molar-refractivity contribution in [3.8, 4) is 11.5 Å². The zero-order chi connectivity index (χ0) is 24.0. The third-order valence-electron chi connectivity index (χ3n) is 6.12. The molecule has 1 atom stereocenters. The van der Waals surface area contributed by atoms with E-state index in [2.05, 4.69) is 39.3 Å². The number of benzene rings is 3. The second-order valence-corrected chi connectivity index (χ2v) is 8.55. The van der Waals surface area contributed by atoms with Crippen molar-refractivity contribution < 1.29 is 9.53 Å². The summed E-state index contributed by atoms with van der Waals surface area (Å²) >= 11 is 0. The number of nitrogens with one attached hydrogen (secondary N) is 1. The second kappa shape index (κ2) is 10.3. The predicted octanol–water partition coefficient (Wildman–Crippen LogP) is 6.20. The van der Waals surface area contributed by atoms with Crippen molar-refractivity contribution in [1.29, 1.82) is 0 Å². The van der Waals surface area contributed by atoms with E-state index in [-0.39, 0.29) is 11.8 Å². The maximum Gasteiger partial charge on any atom is 0.221 e.